The van der Waals surface area contributed by atoms with Gasteiger partial charge in [0.2, 0.25) is 0 Å². The van der Waals surface area contributed by atoms with Gasteiger partial charge in [0.1, 0.15) is 0 Å². The maximum atomic E-state index is 4.70. The first kappa shape index (κ1) is 10.1. The van der Waals surface area contributed by atoms with Crippen molar-refractivity contribution < 1.29 is 0 Å². The van der Waals surface area contributed by atoms with Crippen molar-refractivity contribution in [3.63, 3.8) is 0 Å². The van der Waals surface area contributed by atoms with Crippen molar-refractivity contribution in [2.75, 3.05) is 13.1 Å². The maximum absolute atomic E-state index is 4.70. The molecule has 1 N–H and O–H groups in total. The molecule has 0 radical (unpaired) electrons. The summed E-state index contributed by atoms with van der Waals surface area (Å²) in [6.07, 6.45) is 4.95. The molecule has 78 valence electrons. The van der Waals surface area contributed by atoms with E-state index in [4.69, 9.17) is 4.98 Å². The third-order valence-corrected chi connectivity index (χ3v) is 3.78. The van der Waals surface area contributed by atoms with Gasteiger partial charge in [-0.3, -0.25) is 0 Å². The number of aryl methyl sites for hydroxylation is 1. The second-order valence-electron chi connectivity index (χ2n) is 3.97. The highest BCUT2D eigenvalue weighted by atomic mass is 32.1. The summed E-state index contributed by atoms with van der Waals surface area (Å²) in [4.78, 5) is 4.70. The van der Waals surface area contributed by atoms with Gasteiger partial charge in [-0.1, -0.05) is 13.3 Å². The van der Waals surface area contributed by atoms with Crippen molar-refractivity contribution in [2.45, 2.75) is 38.5 Å². The number of nitrogens with one attached hydrogen (secondary N) is 1. The minimum absolute atomic E-state index is 0.680. The molecule has 1 unspecified atom stereocenters. The molecule has 0 aromatic carbocycles. The fourth-order valence-corrected chi connectivity index (χ4v) is 2.93. The molecule has 1 aliphatic heterocycles. The molecule has 1 aliphatic rings. The first-order valence-corrected chi connectivity index (χ1v) is 6.43. The first-order chi connectivity index (χ1) is 6.90. The molecule has 0 saturated carbocycles. The number of piperidine rings is 1. The predicted octanol–water partition coefficient (Wildman–Crippen LogP) is 2.56. The van der Waals surface area contributed by atoms with E-state index in [1.807, 2.05) is 11.3 Å². The third kappa shape index (κ3) is 2.34. The molecule has 2 rings (SSSR count). The number of hydrogen-bond acceptors (Lipinski definition) is 3. The average Bonchev–Trinajstić information content (AvgIpc) is 2.68. The lowest BCUT2D eigenvalue weighted by atomic mass is 10.0. The largest absolute Gasteiger partial charge is 0.316 e. The van der Waals surface area contributed by atoms with Gasteiger partial charge in [-0.05, 0) is 25.8 Å². The third-order valence-electron chi connectivity index (χ3n) is 2.72. The summed E-state index contributed by atoms with van der Waals surface area (Å²) >= 11 is 1.84. The monoisotopic (exact) mass is 210 g/mol. The molecule has 1 aromatic rings. The van der Waals surface area contributed by atoms with Gasteiger partial charge in [-0.25, -0.2) is 4.98 Å². The van der Waals surface area contributed by atoms with Crippen LogP contribution in [0.3, 0.4) is 0 Å². The summed E-state index contributed by atoms with van der Waals surface area (Å²) in [5.74, 6) is 0.680. The van der Waals surface area contributed by atoms with E-state index < -0.39 is 0 Å². The average molecular weight is 210 g/mol. The minimum atomic E-state index is 0.680. The SMILES string of the molecule is CCCc1csc(C2CCCNC2)n1. The van der Waals surface area contributed by atoms with E-state index in [1.54, 1.807) is 0 Å². The van der Waals surface area contributed by atoms with Gasteiger partial charge in [0.05, 0.1) is 10.7 Å². The lowest BCUT2D eigenvalue weighted by molar-refractivity contribution is 0.460. The van der Waals surface area contributed by atoms with E-state index in [0.717, 1.165) is 13.0 Å². The second-order valence-corrected chi connectivity index (χ2v) is 4.86. The summed E-state index contributed by atoms with van der Waals surface area (Å²) in [7, 11) is 0. The van der Waals surface area contributed by atoms with Crippen LogP contribution < -0.4 is 5.32 Å². The Morgan fingerprint density at radius 1 is 1.64 bits per heavy atom. The number of nitrogens with zero attached hydrogens (tertiary/aromatic N) is 1. The van der Waals surface area contributed by atoms with Crippen molar-refractivity contribution >= 4 is 11.3 Å². The zero-order valence-corrected chi connectivity index (χ0v) is 9.57. The summed E-state index contributed by atoms with van der Waals surface area (Å²) in [6.45, 7) is 4.52. The maximum Gasteiger partial charge on any atom is 0.0971 e. The van der Waals surface area contributed by atoms with E-state index in [9.17, 15) is 0 Å². The Kier molecular flexibility index (Phi) is 3.54. The first-order valence-electron chi connectivity index (χ1n) is 5.55. The van der Waals surface area contributed by atoms with Crippen LogP contribution in [0.15, 0.2) is 5.38 Å². The fourth-order valence-electron chi connectivity index (χ4n) is 1.94. The van der Waals surface area contributed by atoms with Crippen LogP contribution in [-0.4, -0.2) is 18.1 Å². The molecule has 0 spiro atoms. The van der Waals surface area contributed by atoms with Crippen LogP contribution in [0.25, 0.3) is 0 Å². The van der Waals surface area contributed by atoms with Gasteiger partial charge in [0.25, 0.3) is 0 Å². The van der Waals surface area contributed by atoms with E-state index >= 15 is 0 Å². The normalized spacial score (nSPS) is 22.5. The summed E-state index contributed by atoms with van der Waals surface area (Å²) in [5, 5.41) is 7.02. The molecular formula is C11H18N2S. The molecule has 3 heteroatoms. The molecule has 14 heavy (non-hydrogen) atoms. The van der Waals surface area contributed by atoms with Crippen molar-refractivity contribution in [3.8, 4) is 0 Å². The molecule has 2 nitrogen and oxygen atoms in total. The Morgan fingerprint density at radius 2 is 2.57 bits per heavy atom. The Labute approximate surface area is 89.8 Å². The van der Waals surface area contributed by atoms with Crippen LogP contribution in [0.1, 0.15) is 42.8 Å². The minimum Gasteiger partial charge on any atom is -0.316 e. The summed E-state index contributed by atoms with van der Waals surface area (Å²) in [5.41, 5.74) is 1.29. The van der Waals surface area contributed by atoms with Gasteiger partial charge in [0.15, 0.2) is 0 Å². The molecular weight excluding hydrogens is 192 g/mol. The van der Waals surface area contributed by atoms with E-state index in [1.165, 1.54) is 36.5 Å². The number of hydrogen-bond donors (Lipinski definition) is 1. The van der Waals surface area contributed by atoms with Crippen LogP contribution in [0.5, 0.6) is 0 Å². The number of thiazole rings is 1. The van der Waals surface area contributed by atoms with Gasteiger partial charge in [-0.15, -0.1) is 11.3 Å². The number of rotatable bonds is 3. The van der Waals surface area contributed by atoms with Crippen LogP contribution in [0.2, 0.25) is 0 Å². The van der Waals surface area contributed by atoms with Crippen LogP contribution in [0.4, 0.5) is 0 Å². The Hall–Kier alpha value is -0.410. The summed E-state index contributed by atoms with van der Waals surface area (Å²) < 4.78 is 0. The Bertz CT molecular complexity index is 277. The molecule has 2 heterocycles. The molecule has 1 fully saturated rings. The van der Waals surface area contributed by atoms with E-state index in [0.29, 0.717) is 5.92 Å². The lowest BCUT2D eigenvalue weighted by Gasteiger charge is -2.20. The van der Waals surface area contributed by atoms with Gasteiger partial charge in [0, 0.05) is 17.8 Å². The second kappa shape index (κ2) is 4.89. The molecule has 1 saturated heterocycles. The molecule has 1 atom stereocenters. The van der Waals surface area contributed by atoms with Gasteiger partial charge in [-0.2, -0.15) is 0 Å². The predicted molar refractivity (Wildman–Crippen MR) is 61.0 cm³/mol. The van der Waals surface area contributed by atoms with Crippen molar-refractivity contribution in [1.29, 1.82) is 0 Å². The van der Waals surface area contributed by atoms with Crippen molar-refractivity contribution in [2.24, 2.45) is 0 Å². The number of aromatic nitrogens is 1. The zero-order valence-electron chi connectivity index (χ0n) is 8.75. The Balaban J connectivity index is 2.00. The highest BCUT2D eigenvalue weighted by molar-refractivity contribution is 7.09. The molecule has 0 aliphatic carbocycles. The molecule has 0 bridgehead atoms. The van der Waals surface area contributed by atoms with Gasteiger partial charge < -0.3 is 5.32 Å². The quantitative estimate of drug-likeness (QED) is 0.829. The molecule has 1 aromatic heterocycles. The molecule has 0 amide bonds. The van der Waals surface area contributed by atoms with E-state index in [2.05, 4.69) is 17.6 Å². The van der Waals surface area contributed by atoms with Gasteiger partial charge >= 0.3 is 0 Å². The van der Waals surface area contributed by atoms with Crippen LogP contribution in [-0.2, 0) is 6.42 Å². The lowest BCUT2D eigenvalue weighted by Crippen LogP contribution is -2.28. The van der Waals surface area contributed by atoms with Crippen LogP contribution in [0, 0.1) is 0 Å². The smallest absolute Gasteiger partial charge is 0.0971 e. The van der Waals surface area contributed by atoms with Crippen molar-refractivity contribution in [3.05, 3.63) is 16.1 Å². The van der Waals surface area contributed by atoms with E-state index in [-0.39, 0.29) is 0 Å². The van der Waals surface area contributed by atoms with Crippen LogP contribution >= 0.6 is 11.3 Å². The topological polar surface area (TPSA) is 24.9 Å². The van der Waals surface area contributed by atoms with Crippen molar-refractivity contribution in [1.82, 2.24) is 10.3 Å². The fraction of sp³-hybridized carbons (Fsp3) is 0.727. The highest BCUT2D eigenvalue weighted by Crippen LogP contribution is 2.26. The standard InChI is InChI=1S/C11H18N2S/c1-2-4-10-8-14-11(13-10)9-5-3-6-12-7-9/h8-9,12H,2-7H2,1H3. The Morgan fingerprint density at radius 3 is 3.29 bits per heavy atom. The highest BCUT2D eigenvalue weighted by Gasteiger charge is 2.17. The summed E-state index contributed by atoms with van der Waals surface area (Å²) in [6, 6.07) is 0. The zero-order chi connectivity index (χ0) is 9.80.